The molecule has 7 fully saturated rings. The molecule has 8 nitrogen and oxygen atoms in total. The van der Waals surface area contributed by atoms with E-state index in [2.05, 4.69) is 34.6 Å². The second-order valence-electron chi connectivity index (χ2n) is 16.2. The lowest BCUT2D eigenvalue weighted by Gasteiger charge is -2.64. The number of aliphatic hydroxyl groups excluding tert-OH is 5. The lowest BCUT2D eigenvalue weighted by atomic mass is 9.41. The third-order valence-electron chi connectivity index (χ3n) is 14.8. The van der Waals surface area contributed by atoms with Crippen LogP contribution in [-0.4, -0.2) is 87.8 Å². The van der Waals surface area contributed by atoms with Crippen LogP contribution in [0.5, 0.6) is 0 Å². The molecule has 5 saturated carbocycles. The average molecular weight is 565 g/mol. The summed E-state index contributed by atoms with van der Waals surface area (Å²) in [4.78, 5) is 0. The summed E-state index contributed by atoms with van der Waals surface area (Å²) in [5.41, 5.74) is 0.147. The van der Waals surface area contributed by atoms with Crippen LogP contribution in [0.15, 0.2) is 0 Å². The Morgan fingerprint density at radius 3 is 2.30 bits per heavy atom. The maximum atomic E-state index is 12.1. The number of ether oxygens (including phenoxy) is 3. The molecule has 5 N–H and O–H groups in total. The Morgan fingerprint density at radius 1 is 0.875 bits per heavy atom. The first kappa shape index (κ1) is 28.5. The standard InChI is InChI=1S/C32H52O8/c1-16-12-17(13-33)39-25-22(16)29(4)10-11-32-15-31(32)9-8-21(40-27-24(36)23(35)18(34)14-38-27)28(2,3)19(31)6-7-20(32)30(29,5)26(25)37/h16-27,33-37H,6-15H2,1-5H3/t16-,17+,18-,19+,20?,21?,22+,23+,24-,25?,26+,27+,29-,30-,31-,32+/m1/s1. The molecule has 3 unspecified atom stereocenters. The maximum Gasteiger partial charge on any atom is 0.186 e. The van der Waals surface area contributed by atoms with Crippen molar-refractivity contribution in [3.05, 3.63) is 0 Å². The number of hydrogen-bond donors (Lipinski definition) is 5. The molecule has 8 heteroatoms. The lowest BCUT2D eigenvalue weighted by Crippen LogP contribution is -2.61. The molecule has 2 heterocycles. The van der Waals surface area contributed by atoms with Gasteiger partial charge in [0.2, 0.25) is 0 Å². The number of fused-ring (bicyclic) bond motifs is 4. The number of hydrogen-bond acceptors (Lipinski definition) is 8. The summed E-state index contributed by atoms with van der Waals surface area (Å²) in [6, 6.07) is 0. The summed E-state index contributed by atoms with van der Waals surface area (Å²) >= 11 is 0. The van der Waals surface area contributed by atoms with Gasteiger partial charge in [0.1, 0.15) is 18.3 Å². The highest BCUT2D eigenvalue weighted by Gasteiger charge is 2.84. The predicted octanol–water partition coefficient (Wildman–Crippen LogP) is 2.62. The summed E-state index contributed by atoms with van der Waals surface area (Å²) in [6.07, 6.45) is 2.99. The van der Waals surface area contributed by atoms with Crippen LogP contribution in [0.3, 0.4) is 0 Å². The highest BCUT2D eigenvalue weighted by molar-refractivity contribution is 5.32. The van der Waals surface area contributed by atoms with E-state index in [0.29, 0.717) is 23.7 Å². The molecule has 0 amide bonds. The van der Waals surface area contributed by atoms with Crippen LogP contribution in [-0.2, 0) is 14.2 Å². The van der Waals surface area contributed by atoms with Crippen LogP contribution < -0.4 is 0 Å². The van der Waals surface area contributed by atoms with E-state index in [1.54, 1.807) is 0 Å². The van der Waals surface area contributed by atoms with Gasteiger partial charge < -0.3 is 39.7 Å². The molecule has 0 radical (unpaired) electrons. The highest BCUT2D eigenvalue weighted by atomic mass is 16.7. The topological polar surface area (TPSA) is 129 Å². The molecule has 7 aliphatic rings. The van der Waals surface area contributed by atoms with Crippen molar-refractivity contribution < 1.29 is 39.7 Å². The summed E-state index contributed by atoms with van der Waals surface area (Å²) in [7, 11) is 0. The van der Waals surface area contributed by atoms with Gasteiger partial charge in [0.15, 0.2) is 6.29 Å². The van der Waals surface area contributed by atoms with Gasteiger partial charge in [-0.15, -0.1) is 0 Å². The largest absolute Gasteiger partial charge is 0.394 e. The van der Waals surface area contributed by atoms with Gasteiger partial charge in [0.25, 0.3) is 0 Å². The third kappa shape index (κ3) is 3.26. The molecular formula is C32H52O8. The molecule has 7 rings (SSSR count). The molecule has 5 aliphatic carbocycles. The van der Waals surface area contributed by atoms with E-state index in [0.717, 1.165) is 38.5 Å². The van der Waals surface area contributed by atoms with Gasteiger partial charge in [-0.3, -0.25) is 0 Å². The minimum atomic E-state index is -1.27. The lowest BCUT2D eigenvalue weighted by molar-refractivity contribution is -0.303. The van der Waals surface area contributed by atoms with Gasteiger partial charge >= 0.3 is 0 Å². The van der Waals surface area contributed by atoms with Crippen LogP contribution in [0.4, 0.5) is 0 Å². The van der Waals surface area contributed by atoms with Crippen molar-refractivity contribution in [3.8, 4) is 0 Å². The van der Waals surface area contributed by atoms with Crippen molar-refractivity contribution in [1.29, 1.82) is 0 Å². The first-order chi connectivity index (χ1) is 18.8. The predicted molar refractivity (Wildman–Crippen MR) is 146 cm³/mol. The van der Waals surface area contributed by atoms with E-state index in [1.807, 2.05) is 0 Å². The summed E-state index contributed by atoms with van der Waals surface area (Å²) in [6.45, 7) is 11.7. The molecule has 2 spiro atoms. The summed E-state index contributed by atoms with van der Waals surface area (Å²) in [5, 5.41) is 52.7. The number of aliphatic hydroxyl groups is 5. The summed E-state index contributed by atoms with van der Waals surface area (Å²) < 4.78 is 18.5. The van der Waals surface area contributed by atoms with E-state index in [4.69, 9.17) is 14.2 Å². The molecule has 0 bridgehead atoms. The van der Waals surface area contributed by atoms with Gasteiger partial charge in [-0.25, -0.2) is 0 Å². The minimum absolute atomic E-state index is 0.0130. The Bertz CT molecular complexity index is 1020. The van der Waals surface area contributed by atoms with E-state index >= 15 is 0 Å². The fourth-order valence-corrected chi connectivity index (χ4v) is 12.8. The van der Waals surface area contributed by atoms with Crippen molar-refractivity contribution in [2.24, 2.45) is 50.7 Å². The molecule has 2 aliphatic heterocycles. The van der Waals surface area contributed by atoms with Crippen LogP contribution in [0.1, 0.15) is 86.0 Å². The van der Waals surface area contributed by atoms with Gasteiger partial charge in [0, 0.05) is 5.41 Å². The fraction of sp³-hybridized carbons (Fsp3) is 1.00. The Hall–Kier alpha value is -0.320. The normalized spacial score (nSPS) is 62.0. The van der Waals surface area contributed by atoms with Crippen LogP contribution >= 0.6 is 0 Å². The van der Waals surface area contributed by atoms with Gasteiger partial charge in [-0.1, -0.05) is 34.6 Å². The second kappa shape index (κ2) is 8.87. The highest BCUT2D eigenvalue weighted by Crippen LogP contribution is 2.89. The van der Waals surface area contributed by atoms with E-state index in [9.17, 15) is 25.5 Å². The van der Waals surface area contributed by atoms with Gasteiger partial charge in [-0.05, 0) is 96.7 Å². The Morgan fingerprint density at radius 2 is 1.57 bits per heavy atom. The zero-order valence-electron chi connectivity index (χ0n) is 25.0. The Labute approximate surface area is 238 Å². The van der Waals surface area contributed by atoms with Crippen LogP contribution in [0, 0.1) is 50.7 Å². The molecule has 0 aromatic carbocycles. The Balaban J connectivity index is 1.16. The van der Waals surface area contributed by atoms with Crippen molar-refractivity contribution in [3.63, 3.8) is 0 Å². The molecule has 0 aromatic heterocycles. The quantitative estimate of drug-likeness (QED) is 0.331. The maximum absolute atomic E-state index is 12.1. The van der Waals surface area contributed by atoms with Crippen molar-refractivity contribution in [2.45, 2.75) is 135 Å². The first-order valence-electron chi connectivity index (χ1n) is 16.0. The zero-order chi connectivity index (χ0) is 28.6. The zero-order valence-corrected chi connectivity index (χ0v) is 25.0. The second-order valence-corrected chi connectivity index (χ2v) is 16.2. The fourth-order valence-electron chi connectivity index (χ4n) is 12.8. The van der Waals surface area contributed by atoms with Gasteiger partial charge in [0.05, 0.1) is 37.6 Å². The first-order valence-corrected chi connectivity index (χ1v) is 16.0. The minimum Gasteiger partial charge on any atom is -0.394 e. The summed E-state index contributed by atoms with van der Waals surface area (Å²) in [5.74, 6) is 1.66. The monoisotopic (exact) mass is 564 g/mol. The van der Waals surface area contributed by atoms with Crippen molar-refractivity contribution >= 4 is 0 Å². The van der Waals surface area contributed by atoms with Crippen molar-refractivity contribution in [1.82, 2.24) is 0 Å². The van der Waals surface area contributed by atoms with E-state index in [-0.39, 0.29) is 58.6 Å². The third-order valence-corrected chi connectivity index (χ3v) is 14.8. The molecular weight excluding hydrogens is 512 g/mol. The Kier molecular flexibility index (Phi) is 6.31. The number of rotatable bonds is 3. The molecule has 0 aromatic rings. The van der Waals surface area contributed by atoms with Crippen LogP contribution in [0.25, 0.3) is 0 Å². The van der Waals surface area contributed by atoms with E-state index in [1.165, 1.54) is 12.8 Å². The smallest absolute Gasteiger partial charge is 0.186 e. The average Bonchev–Trinajstić information content (AvgIpc) is 3.55. The molecule has 16 atom stereocenters. The SMILES string of the molecule is C[C@@H]1C[C@@H](CO)OC2[C@H]1[C@@]1(C)CC[C@@]34C[C@@]35CCC(O[C@@H]3OC[C@@H](O)[C@H](O)[C@H]3O)C(C)(C)[C@@H]5CCC4[C@]1(C)[C@H]2O. The molecule has 228 valence electrons. The van der Waals surface area contributed by atoms with Gasteiger partial charge in [-0.2, -0.15) is 0 Å². The van der Waals surface area contributed by atoms with Crippen LogP contribution in [0.2, 0.25) is 0 Å². The molecule has 40 heavy (non-hydrogen) atoms. The van der Waals surface area contributed by atoms with Crippen molar-refractivity contribution in [2.75, 3.05) is 13.2 Å². The van der Waals surface area contributed by atoms with E-state index < -0.39 is 30.7 Å². The molecule has 2 saturated heterocycles.